The van der Waals surface area contributed by atoms with Crippen molar-refractivity contribution in [1.29, 1.82) is 0 Å². The first-order valence-corrected chi connectivity index (χ1v) is 12.5. The molecule has 0 saturated heterocycles. The lowest BCUT2D eigenvalue weighted by molar-refractivity contribution is -0.118. The topological polar surface area (TPSA) is 94.4 Å². The molecule has 0 atom stereocenters. The monoisotopic (exact) mass is 456 g/mol. The van der Waals surface area contributed by atoms with Gasteiger partial charge in [-0.25, -0.2) is 18.1 Å². The molecule has 0 unspecified atom stereocenters. The lowest BCUT2D eigenvalue weighted by Gasteiger charge is -2.30. The van der Waals surface area contributed by atoms with E-state index in [0.717, 1.165) is 51.9 Å². The molecule has 0 fully saturated rings. The number of aryl methyl sites for hydroxylation is 4. The molecule has 32 heavy (non-hydrogen) atoms. The number of pyridine rings is 1. The van der Waals surface area contributed by atoms with Crippen molar-refractivity contribution in [3.05, 3.63) is 40.6 Å². The normalized spacial score (nSPS) is 14.0. The number of anilines is 1. The van der Waals surface area contributed by atoms with Crippen LogP contribution in [0, 0.1) is 13.8 Å². The Kier molecular flexibility index (Phi) is 5.70. The summed E-state index contributed by atoms with van der Waals surface area (Å²) in [6, 6.07) is 5.04. The van der Waals surface area contributed by atoms with Crippen LogP contribution >= 0.6 is 0 Å². The number of amides is 1. The molecule has 3 aromatic rings. The predicted octanol–water partition coefficient (Wildman–Crippen LogP) is 2.91. The highest BCUT2D eigenvalue weighted by Crippen LogP contribution is 2.32. The van der Waals surface area contributed by atoms with Crippen LogP contribution in [-0.4, -0.2) is 49.0 Å². The van der Waals surface area contributed by atoms with Crippen molar-refractivity contribution in [2.75, 3.05) is 24.8 Å². The Morgan fingerprint density at radius 3 is 2.69 bits per heavy atom. The van der Waals surface area contributed by atoms with Crippen LogP contribution in [0.15, 0.2) is 23.1 Å². The summed E-state index contributed by atoms with van der Waals surface area (Å²) < 4.78 is 30.9. The standard InChI is InChI=1S/C23H28N4O4S/c1-14-18(15(2)24-22-21(14)23(31-4)25-26(22)3)9-11-20(28)27-12-6-7-16-13-17(32(5,29)30)8-10-19(16)27/h8,10,13H,6-7,9,11-12H2,1-5H3. The van der Waals surface area contributed by atoms with Gasteiger partial charge in [-0.15, -0.1) is 5.10 Å². The molecule has 8 nitrogen and oxygen atoms in total. The van der Waals surface area contributed by atoms with Gasteiger partial charge < -0.3 is 9.64 Å². The maximum Gasteiger partial charge on any atom is 0.242 e. The Balaban J connectivity index is 1.60. The molecule has 0 radical (unpaired) electrons. The number of sulfone groups is 1. The highest BCUT2D eigenvalue weighted by atomic mass is 32.2. The number of benzene rings is 1. The molecule has 9 heteroatoms. The van der Waals surface area contributed by atoms with E-state index in [1.807, 2.05) is 20.9 Å². The van der Waals surface area contributed by atoms with Crippen LogP contribution in [0.2, 0.25) is 0 Å². The van der Waals surface area contributed by atoms with Gasteiger partial charge in [0.1, 0.15) is 0 Å². The summed E-state index contributed by atoms with van der Waals surface area (Å²) in [6.07, 6.45) is 3.68. The number of hydrogen-bond donors (Lipinski definition) is 0. The molecule has 1 aliphatic rings. The Morgan fingerprint density at radius 1 is 1.25 bits per heavy atom. The summed E-state index contributed by atoms with van der Waals surface area (Å²) in [5.41, 5.74) is 5.42. The Labute approximate surface area is 188 Å². The lowest BCUT2D eigenvalue weighted by Crippen LogP contribution is -2.35. The average molecular weight is 457 g/mol. The molecule has 1 amide bonds. The number of aromatic nitrogens is 3. The fourth-order valence-electron chi connectivity index (χ4n) is 4.54. The van der Waals surface area contributed by atoms with Crippen molar-refractivity contribution in [2.45, 2.75) is 44.4 Å². The number of fused-ring (bicyclic) bond motifs is 2. The fraction of sp³-hybridized carbons (Fsp3) is 0.435. The van der Waals surface area contributed by atoms with Crippen molar-refractivity contribution in [2.24, 2.45) is 7.05 Å². The van der Waals surface area contributed by atoms with Crippen molar-refractivity contribution in [1.82, 2.24) is 14.8 Å². The van der Waals surface area contributed by atoms with Crippen LogP contribution in [0.4, 0.5) is 5.69 Å². The van der Waals surface area contributed by atoms with E-state index in [-0.39, 0.29) is 5.91 Å². The van der Waals surface area contributed by atoms with E-state index >= 15 is 0 Å². The second-order valence-corrected chi connectivity index (χ2v) is 10.4. The van der Waals surface area contributed by atoms with Gasteiger partial charge >= 0.3 is 0 Å². The van der Waals surface area contributed by atoms with Gasteiger partial charge in [0, 0.05) is 37.7 Å². The van der Waals surface area contributed by atoms with Gasteiger partial charge in [-0.05, 0) is 68.0 Å². The van der Waals surface area contributed by atoms with Gasteiger partial charge in [-0.2, -0.15) is 0 Å². The number of rotatable bonds is 5. The SMILES string of the molecule is COc1nn(C)c2nc(C)c(CCC(=O)N3CCCc4cc(S(C)(=O)=O)ccc43)c(C)c12. The number of ether oxygens (including phenoxy) is 1. The van der Waals surface area contributed by atoms with Gasteiger partial charge in [-0.1, -0.05) is 0 Å². The van der Waals surface area contributed by atoms with E-state index in [4.69, 9.17) is 9.72 Å². The number of methoxy groups -OCH3 is 1. The summed E-state index contributed by atoms with van der Waals surface area (Å²) in [7, 11) is 0.147. The number of hydrogen-bond acceptors (Lipinski definition) is 6. The molecule has 0 aliphatic carbocycles. The quantitative estimate of drug-likeness (QED) is 0.586. The third-order valence-electron chi connectivity index (χ3n) is 6.20. The van der Waals surface area contributed by atoms with E-state index in [1.54, 1.807) is 34.9 Å². The Morgan fingerprint density at radius 2 is 2.00 bits per heavy atom. The van der Waals surface area contributed by atoms with Gasteiger partial charge in [0.15, 0.2) is 15.5 Å². The molecular formula is C23H28N4O4S. The second-order valence-electron chi connectivity index (χ2n) is 8.34. The Bertz CT molecular complexity index is 1330. The second kappa shape index (κ2) is 8.20. The molecule has 0 spiro atoms. The van der Waals surface area contributed by atoms with E-state index < -0.39 is 9.84 Å². The molecule has 3 heterocycles. The van der Waals surface area contributed by atoms with Crippen molar-refractivity contribution in [3.63, 3.8) is 0 Å². The summed E-state index contributed by atoms with van der Waals surface area (Å²) in [5.74, 6) is 0.557. The first-order chi connectivity index (χ1) is 15.1. The molecule has 4 rings (SSSR count). The fourth-order valence-corrected chi connectivity index (χ4v) is 5.21. The lowest BCUT2D eigenvalue weighted by atomic mass is 9.98. The average Bonchev–Trinajstić information content (AvgIpc) is 3.07. The van der Waals surface area contributed by atoms with Gasteiger partial charge in [-0.3, -0.25) is 4.79 Å². The molecule has 1 aromatic carbocycles. The molecule has 0 N–H and O–H groups in total. The van der Waals surface area contributed by atoms with Crippen LogP contribution in [0.25, 0.3) is 11.0 Å². The molecule has 0 saturated carbocycles. The van der Waals surface area contributed by atoms with E-state index in [2.05, 4.69) is 5.10 Å². The predicted molar refractivity (Wildman–Crippen MR) is 123 cm³/mol. The van der Waals surface area contributed by atoms with Crippen molar-refractivity contribution >= 4 is 32.5 Å². The van der Waals surface area contributed by atoms with Gasteiger partial charge in [0.2, 0.25) is 11.8 Å². The minimum absolute atomic E-state index is 0.0232. The maximum atomic E-state index is 13.2. The first kappa shape index (κ1) is 22.3. The van der Waals surface area contributed by atoms with Crippen LogP contribution in [-0.2, 0) is 34.5 Å². The molecule has 170 valence electrons. The zero-order valence-corrected chi connectivity index (χ0v) is 19.9. The molecule has 0 bridgehead atoms. The third kappa shape index (κ3) is 3.85. The van der Waals surface area contributed by atoms with Gasteiger partial charge in [0.05, 0.1) is 17.4 Å². The van der Waals surface area contributed by atoms with Crippen molar-refractivity contribution in [3.8, 4) is 5.88 Å². The van der Waals surface area contributed by atoms with Crippen molar-refractivity contribution < 1.29 is 17.9 Å². The number of carbonyl (C=O) groups excluding carboxylic acids is 1. The van der Waals surface area contributed by atoms with Crippen LogP contribution in [0.1, 0.15) is 35.2 Å². The molecule has 2 aromatic heterocycles. The highest BCUT2D eigenvalue weighted by molar-refractivity contribution is 7.90. The Hall–Kier alpha value is -2.94. The largest absolute Gasteiger partial charge is 0.479 e. The summed E-state index contributed by atoms with van der Waals surface area (Å²) in [6.45, 7) is 4.61. The minimum atomic E-state index is -3.28. The van der Waals surface area contributed by atoms with Crippen LogP contribution < -0.4 is 9.64 Å². The number of carbonyl (C=O) groups is 1. The smallest absolute Gasteiger partial charge is 0.242 e. The third-order valence-corrected chi connectivity index (χ3v) is 7.31. The van der Waals surface area contributed by atoms with Gasteiger partial charge in [0.25, 0.3) is 0 Å². The first-order valence-electron chi connectivity index (χ1n) is 10.6. The molecular weight excluding hydrogens is 428 g/mol. The number of nitrogens with zero attached hydrogens (tertiary/aromatic N) is 4. The highest BCUT2D eigenvalue weighted by Gasteiger charge is 2.25. The van der Waals surface area contributed by atoms with Crippen LogP contribution in [0.3, 0.4) is 0 Å². The van der Waals surface area contributed by atoms with E-state index in [0.29, 0.717) is 30.2 Å². The van der Waals surface area contributed by atoms with E-state index in [9.17, 15) is 13.2 Å². The maximum absolute atomic E-state index is 13.2. The van der Waals surface area contributed by atoms with Crippen LogP contribution in [0.5, 0.6) is 5.88 Å². The van der Waals surface area contributed by atoms with E-state index in [1.165, 1.54) is 6.26 Å². The summed E-state index contributed by atoms with van der Waals surface area (Å²) >= 11 is 0. The summed E-state index contributed by atoms with van der Waals surface area (Å²) in [5, 5.41) is 5.26. The minimum Gasteiger partial charge on any atom is -0.479 e. The summed E-state index contributed by atoms with van der Waals surface area (Å²) in [4.78, 5) is 20.0. The molecule has 1 aliphatic heterocycles. The zero-order chi connectivity index (χ0) is 23.2. The zero-order valence-electron chi connectivity index (χ0n) is 19.1.